The van der Waals surface area contributed by atoms with Crippen LogP contribution in [0.2, 0.25) is 0 Å². The second kappa shape index (κ2) is 8.02. The topological polar surface area (TPSA) is 66.8 Å². The molecule has 6 heteroatoms. The number of aliphatic carboxylic acids is 1. The molecule has 1 amide bonds. The number of carboxylic acid groups (broad SMARTS) is 1. The highest BCUT2D eigenvalue weighted by Gasteiger charge is 2.19. The van der Waals surface area contributed by atoms with Gasteiger partial charge in [-0.15, -0.1) is 0 Å². The maximum atomic E-state index is 12.1. The number of rotatable bonds is 7. The fourth-order valence-electron chi connectivity index (χ4n) is 1.77. The van der Waals surface area contributed by atoms with Gasteiger partial charge < -0.3 is 14.7 Å². The molecular weight excluding hydrogens is 338 g/mol. The number of likely N-dealkylation sites (N-methyl/N-ethyl adjacent to an activating group) is 1. The lowest BCUT2D eigenvalue weighted by Gasteiger charge is -2.23. The minimum Gasteiger partial charge on any atom is -0.483 e. The van der Waals surface area contributed by atoms with Crippen LogP contribution in [-0.2, 0) is 9.59 Å². The molecule has 0 heterocycles. The van der Waals surface area contributed by atoms with Crippen molar-refractivity contribution in [2.75, 3.05) is 19.7 Å². The van der Waals surface area contributed by atoms with Crippen molar-refractivity contribution < 1.29 is 19.4 Å². The Hall–Kier alpha value is -1.56. The molecule has 0 bridgehead atoms. The van der Waals surface area contributed by atoms with E-state index in [1.54, 1.807) is 13.0 Å². The van der Waals surface area contributed by atoms with Crippen molar-refractivity contribution in [3.05, 3.63) is 28.2 Å². The van der Waals surface area contributed by atoms with E-state index in [0.29, 0.717) is 12.3 Å². The SMILES string of the molecule is CCN(CC(C)C(=O)O)C(=O)COc1ccc(C)cc1Br. The van der Waals surface area contributed by atoms with Crippen molar-refractivity contribution >= 4 is 27.8 Å². The molecule has 0 aliphatic rings. The summed E-state index contributed by atoms with van der Waals surface area (Å²) in [5.74, 6) is -1.14. The van der Waals surface area contributed by atoms with Crippen molar-refractivity contribution in [2.24, 2.45) is 5.92 Å². The Kier molecular flexibility index (Phi) is 6.68. The average molecular weight is 358 g/mol. The molecule has 0 aliphatic carbocycles. The van der Waals surface area contributed by atoms with Gasteiger partial charge in [0.15, 0.2) is 6.61 Å². The van der Waals surface area contributed by atoms with Crippen LogP contribution in [0.4, 0.5) is 0 Å². The van der Waals surface area contributed by atoms with E-state index in [1.165, 1.54) is 4.90 Å². The summed E-state index contributed by atoms with van der Waals surface area (Å²) in [5.41, 5.74) is 1.09. The Morgan fingerprint density at radius 2 is 2.10 bits per heavy atom. The number of ether oxygens (including phenoxy) is 1. The largest absolute Gasteiger partial charge is 0.483 e. The summed E-state index contributed by atoms with van der Waals surface area (Å²) in [7, 11) is 0. The van der Waals surface area contributed by atoms with Crippen molar-refractivity contribution in [3.8, 4) is 5.75 Å². The van der Waals surface area contributed by atoms with Crippen LogP contribution in [0, 0.1) is 12.8 Å². The Morgan fingerprint density at radius 1 is 1.43 bits per heavy atom. The second-order valence-corrected chi connectivity index (χ2v) is 5.75. The van der Waals surface area contributed by atoms with Crippen LogP contribution in [0.1, 0.15) is 19.4 Å². The zero-order valence-electron chi connectivity index (χ0n) is 12.4. The summed E-state index contributed by atoms with van der Waals surface area (Å²) >= 11 is 3.38. The van der Waals surface area contributed by atoms with E-state index in [2.05, 4.69) is 15.9 Å². The highest BCUT2D eigenvalue weighted by atomic mass is 79.9. The third-order valence-electron chi connectivity index (χ3n) is 3.09. The second-order valence-electron chi connectivity index (χ2n) is 4.89. The van der Waals surface area contributed by atoms with Crippen LogP contribution in [0.3, 0.4) is 0 Å². The highest BCUT2D eigenvalue weighted by molar-refractivity contribution is 9.10. The van der Waals surface area contributed by atoms with E-state index in [-0.39, 0.29) is 19.1 Å². The molecule has 1 rings (SSSR count). The quantitative estimate of drug-likeness (QED) is 0.814. The lowest BCUT2D eigenvalue weighted by atomic mass is 10.1. The van der Waals surface area contributed by atoms with Crippen LogP contribution >= 0.6 is 15.9 Å². The van der Waals surface area contributed by atoms with Crippen molar-refractivity contribution in [3.63, 3.8) is 0 Å². The minimum atomic E-state index is -0.913. The zero-order chi connectivity index (χ0) is 16.0. The van der Waals surface area contributed by atoms with Gasteiger partial charge >= 0.3 is 5.97 Å². The van der Waals surface area contributed by atoms with E-state index < -0.39 is 11.9 Å². The third-order valence-corrected chi connectivity index (χ3v) is 3.71. The first-order valence-electron chi connectivity index (χ1n) is 6.74. The molecule has 0 aromatic heterocycles. The van der Waals surface area contributed by atoms with Crippen LogP contribution in [0.15, 0.2) is 22.7 Å². The van der Waals surface area contributed by atoms with Gasteiger partial charge in [0.1, 0.15) is 5.75 Å². The smallest absolute Gasteiger partial charge is 0.308 e. The van der Waals surface area contributed by atoms with Crippen LogP contribution < -0.4 is 4.74 Å². The van der Waals surface area contributed by atoms with Gasteiger partial charge in [-0.2, -0.15) is 0 Å². The maximum absolute atomic E-state index is 12.1. The van der Waals surface area contributed by atoms with E-state index in [1.807, 2.05) is 26.0 Å². The maximum Gasteiger partial charge on any atom is 0.308 e. The third kappa shape index (κ3) is 5.38. The minimum absolute atomic E-state index is 0.109. The summed E-state index contributed by atoms with van der Waals surface area (Å²) in [6.45, 7) is 5.88. The molecule has 1 unspecified atom stereocenters. The van der Waals surface area contributed by atoms with Gasteiger partial charge in [0, 0.05) is 13.1 Å². The van der Waals surface area contributed by atoms with Crippen LogP contribution in [0.25, 0.3) is 0 Å². The monoisotopic (exact) mass is 357 g/mol. The van der Waals surface area contributed by atoms with Gasteiger partial charge in [-0.25, -0.2) is 0 Å². The van der Waals surface area contributed by atoms with E-state index >= 15 is 0 Å². The number of aryl methyl sites for hydroxylation is 1. The first-order valence-corrected chi connectivity index (χ1v) is 7.54. The van der Waals surface area contributed by atoms with Crippen molar-refractivity contribution in [2.45, 2.75) is 20.8 Å². The van der Waals surface area contributed by atoms with E-state index in [0.717, 1.165) is 10.0 Å². The Bertz CT molecular complexity index is 518. The molecule has 0 saturated carbocycles. The molecule has 1 aromatic carbocycles. The van der Waals surface area contributed by atoms with Crippen molar-refractivity contribution in [1.82, 2.24) is 4.90 Å². The number of carboxylic acids is 1. The van der Waals surface area contributed by atoms with Crippen LogP contribution in [0.5, 0.6) is 5.75 Å². The number of amides is 1. The van der Waals surface area contributed by atoms with Crippen molar-refractivity contribution in [1.29, 1.82) is 0 Å². The molecule has 0 saturated heterocycles. The Morgan fingerprint density at radius 3 is 2.62 bits per heavy atom. The molecule has 1 atom stereocenters. The summed E-state index contributed by atoms with van der Waals surface area (Å²) in [6, 6.07) is 5.60. The molecule has 116 valence electrons. The molecule has 0 spiro atoms. The summed E-state index contributed by atoms with van der Waals surface area (Å²) in [5, 5.41) is 8.90. The lowest BCUT2D eigenvalue weighted by Crippen LogP contribution is -2.39. The number of benzene rings is 1. The summed E-state index contributed by atoms with van der Waals surface area (Å²) in [4.78, 5) is 24.4. The Balaban J connectivity index is 2.60. The van der Waals surface area contributed by atoms with Gasteiger partial charge in [0.2, 0.25) is 0 Å². The van der Waals surface area contributed by atoms with Gasteiger partial charge in [0.05, 0.1) is 10.4 Å². The summed E-state index contributed by atoms with van der Waals surface area (Å²) in [6.07, 6.45) is 0. The lowest BCUT2D eigenvalue weighted by molar-refractivity contribution is -0.143. The number of carbonyl (C=O) groups is 2. The first kappa shape index (κ1) is 17.5. The number of nitrogens with zero attached hydrogens (tertiary/aromatic N) is 1. The number of hydrogen-bond acceptors (Lipinski definition) is 3. The predicted octanol–water partition coefficient (Wildman–Crippen LogP) is 2.71. The number of carbonyl (C=O) groups excluding carboxylic acids is 1. The fourth-order valence-corrected chi connectivity index (χ4v) is 2.38. The molecular formula is C15H20BrNO4. The molecule has 21 heavy (non-hydrogen) atoms. The molecule has 0 radical (unpaired) electrons. The molecule has 1 aromatic rings. The van der Waals surface area contributed by atoms with Gasteiger partial charge in [-0.3, -0.25) is 9.59 Å². The van der Waals surface area contributed by atoms with Gasteiger partial charge in [-0.1, -0.05) is 13.0 Å². The number of halogens is 1. The van der Waals surface area contributed by atoms with E-state index in [9.17, 15) is 9.59 Å². The average Bonchev–Trinajstić information content (AvgIpc) is 2.43. The fraction of sp³-hybridized carbons (Fsp3) is 0.467. The highest BCUT2D eigenvalue weighted by Crippen LogP contribution is 2.25. The van der Waals surface area contributed by atoms with Crippen LogP contribution in [-0.4, -0.2) is 41.6 Å². The predicted molar refractivity (Wildman–Crippen MR) is 83.4 cm³/mol. The van der Waals surface area contributed by atoms with E-state index in [4.69, 9.17) is 9.84 Å². The zero-order valence-corrected chi connectivity index (χ0v) is 14.0. The van der Waals surface area contributed by atoms with Gasteiger partial charge in [-0.05, 0) is 47.5 Å². The normalized spacial score (nSPS) is 11.8. The molecule has 1 N–H and O–H groups in total. The Labute approximate surface area is 133 Å². The number of hydrogen-bond donors (Lipinski definition) is 1. The summed E-state index contributed by atoms with van der Waals surface area (Å²) < 4.78 is 6.28. The molecule has 5 nitrogen and oxygen atoms in total. The molecule has 0 fully saturated rings. The molecule has 0 aliphatic heterocycles. The standard InChI is InChI=1S/C15H20BrNO4/c1-4-17(8-11(3)15(19)20)14(18)9-21-13-6-5-10(2)7-12(13)16/h5-7,11H,4,8-9H2,1-3H3,(H,19,20). The first-order chi connectivity index (χ1) is 9.85. The van der Waals surface area contributed by atoms with Gasteiger partial charge in [0.25, 0.3) is 5.91 Å².